The van der Waals surface area contributed by atoms with Crippen molar-refractivity contribution < 1.29 is 0 Å². The molecule has 0 spiro atoms. The van der Waals surface area contributed by atoms with Crippen LogP contribution in [0.3, 0.4) is 0 Å². The predicted molar refractivity (Wildman–Crippen MR) is 66.0 cm³/mol. The molecule has 0 heteroatoms. The van der Waals surface area contributed by atoms with Crippen LogP contribution in [0.1, 0.15) is 30.4 Å². The molecule has 2 aromatic rings. The molecule has 1 atom stereocenters. The van der Waals surface area contributed by atoms with Gasteiger partial charge in [-0.05, 0) is 28.3 Å². The summed E-state index contributed by atoms with van der Waals surface area (Å²) in [6, 6.07) is 13.1. The fourth-order valence-electron chi connectivity index (χ4n) is 2.49. The van der Waals surface area contributed by atoms with Crippen molar-refractivity contribution in [1.82, 2.24) is 0 Å². The van der Waals surface area contributed by atoms with E-state index in [1.807, 2.05) is 0 Å². The Labute approximate surface area is 90.2 Å². The van der Waals surface area contributed by atoms with Gasteiger partial charge in [0.05, 0.1) is 0 Å². The van der Waals surface area contributed by atoms with Crippen LogP contribution in [0, 0.1) is 0 Å². The molecule has 0 amide bonds. The van der Waals surface area contributed by atoms with Crippen LogP contribution in [0.4, 0.5) is 0 Å². The van der Waals surface area contributed by atoms with E-state index >= 15 is 0 Å². The number of fused-ring (bicyclic) bond motifs is 3. The van der Waals surface area contributed by atoms with Crippen molar-refractivity contribution in [3.8, 4) is 0 Å². The van der Waals surface area contributed by atoms with Crippen LogP contribution in [0.25, 0.3) is 16.8 Å². The first-order valence-electron chi connectivity index (χ1n) is 5.60. The maximum Gasteiger partial charge on any atom is 0.00248 e. The lowest BCUT2D eigenvalue weighted by molar-refractivity contribution is 0.819. The summed E-state index contributed by atoms with van der Waals surface area (Å²) in [7, 11) is 0. The molecule has 0 N–H and O–H groups in total. The Morgan fingerprint density at radius 1 is 1.07 bits per heavy atom. The van der Waals surface area contributed by atoms with Crippen LogP contribution >= 0.6 is 0 Å². The third-order valence-electron chi connectivity index (χ3n) is 3.34. The zero-order valence-electron chi connectivity index (χ0n) is 8.90. The van der Waals surface area contributed by atoms with E-state index in [0.29, 0.717) is 5.92 Å². The monoisotopic (exact) mass is 194 g/mol. The molecular weight excluding hydrogens is 180 g/mol. The Morgan fingerprint density at radius 3 is 2.80 bits per heavy atom. The fourth-order valence-corrected chi connectivity index (χ4v) is 2.49. The van der Waals surface area contributed by atoms with Gasteiger partial charge in [-0.15, -0.1) is 0 Å². The second kappa shape index (κ2) is 3.23. The highest BCUT2D eigenvalue weighted by atomic mass is 14.2. The Kier molecular flexibility index (Phi) is 1.88. The van der Waals surface area contributed by atoms with Gasteiger partial charge >= 0.3 is 0 Å². The number of hydrogen-bond donors (Lipinski definition) is 0. The molecule has 3 rings (SSSR count). The second-order valence-electron chi connectivity index (χ2n) is 4.16. The van der Waals surface area contributed by atoms with Gasteiger partial charge in [0.1, 0.15) is 0 Å². The van der Waals surface area contributed by atoms with E-state index in [2.05, 4.69) is 55.5 Å². The zero-order chi connectivity index (χ0) is 10.3. The zero-order valence-corrected chi connectivity index (χ0v) is 8.90. The van der Waals surface area contributed by atoms with E-state index < -0.39 is 0 Å². The van der Waals surface area contributed by atoms with Gasteiger partial charge in [0, 0.05) is 5.92 Å². The average molecular weight is 194 g/mol. The molecule has 0 saturated heterocycles. The van der Waals surface area contributed by atoms with Crippen LogP contribution in [-0.2, 0) is 0 Å². The second-order valence-corrected chi connectivity index (χ2v) is 4.16. The Morgan fingerprint density at radius 2 is 1.93 bits per heavy atom. The molecule has 0 nitrogen and oxygen atoms in total. The molecule has 0 bridgehead atoms. The van der Waals surface area contributed by atoms with E-state index in [0.717, 1.165) is 0 Å². The molecule has 0 heterocycles. The number of hydrogen-bond acceptors (Lipinski definition) is 0. The van der Waals surface area contributed by atoms with Crippen molar-refractivity contribution in [3.63, 3.8) is 0 Å². The van der Waals surface area contributed by atoms with E-state index in [4.69, 9.17) is 0 Å². The topological polar surface area (TPSA) is 0 Å². The summed E-state index contributed by atoms with van der Waals surface area (Å²) in [5.74, 6) is 0.629. The lowest BCUT2D eigenvalue weighted by Gasteiger charge is -2.09. The largest absolute Gasteiger partial charge is 0.0764 e. The van der Waals surface area contributed by atoms with Crippen LogP contribution < -0.4 is 0 Å². The van der Waals surface area contributed by atoms with Crippen molar-refractivity contribution in [3.05, 3.63) is 53.6 Å². The Bertz CT molecular complexity index is 535. The van der Waals surface area contributed by atoms with Gasteiger partial charge in [-0.1, -0.05) is 55.5 Å². The minimum Gasteiger partial charge on any atom is -0.0764 e. The molecule has 2 aromatic carbocycles. The highest BCUT2D eigenvalue weighted by Gasteiger charge is 2.16. The van der Waals surface area contributed by atoms with E-state index in [1.165, 1.54) is 28.3 Å². The highest BCUT2D eigenvalue weighted by Crippen LogP contribution is 2.36. The first-order valence-corrected chi connectivity index (χ1v) is 5.60. The van der Waals surface area contributed by atoms with Crippen LogP contribution in [-0.4, -0.2) is 0 Å². The van der Waals surface area contributed by atoms with Gasteiger partial charge in [0.25, 0.3) is 0 Å². The summed E-state index contributed by atoms with van der Waals surface area (Å²) in [5, 5.41) is 2.74. The molecule has 0 saturated carbocycles. The molecule has 0 fully saturated rings. The highest BCUT2D eigenvalue weighted by molar-refractivity contribution is 5.93. The standard InChI is InChI=1S/C15H14/c1-2-11-7-10-15-13-6-4-3-5-12(13)8-9-14(11)15/h3-11H,2H2,1H3. The first kappa shape index (κ1) is 8.72. The Hall–Kier alpha value is -1.56. The summed E-state index contributed by atoms with van der Waals surface area (Å²) in [6.45, 7) is 2.25. The lowest BCUT2D eigenvalue weighted by Crippen LogP contribution is -1.91. The average Bonchev–Trinajstić information content (AvgIpc) is 2.72. The molecular formula is C15H14. The minimum atomic E-state index is 0.629. The van der Waals surface area contributed by atoms with E-state index in [-0.39, 0.29) is 0 Å². The van der Waals surface area contributed by atoms with E-state index in [9.17, 15) is 0 Å². The molecule has 74 valence electrons. The summed E-state index contributed by atoms with van der Waals surface area (Å²) < 4.78 is 0. The number of rotatable bonds is 1. The predicted octanol–water partition coefficient (Wildman–Crippen LogP) is 4.36. The minimum absolute atomic E-state index is 0.629. The lowest BCUT2D eigenvalue weighted by atomic mass is 9.95. The third kappa shape index (κ3) is 1.21. The van der Waals surface area contributed by atoms with Crippen molar-refractivity contribution >= 4 is 16.8 Å². The maximum absolute atomic E-state index is 2.33. The molecule has 15 heavy (non-hydrogen) atoms. The maximum atomic E-state index is 2.33. The number of benzene rings is 2. The molecule has 1 unspecified atom stereocenters. The summed E-state index contributed by atoms with van der Waals surface area (Å²) >= 11 is 0. The normalized spacial score (nSPS) is 18.3. The summed E-state index contributed by atoms with van der Waals surface area (Å²) in [5.41, 5.74) is 2.93. The molecule has 0 radical (unpaired) electrons. The summed E-state index contributed by atoms with van der Waals surface area (Å²) in [4.78, 5) is 0. The first-order chi connectivity index (χ1) is 7.40. The molecule has 0 aliphatic heterocycles. The molecule has 1 aliphatic carbocycles. The van der Waals surface area contributed by atoms with Crippen molar-refractivity contribution in [2.45, 2.75) is 19.3 Å². The molecule has 1 aliphatic rings. The van der Waals surface area contributed by atoms with Crippen molar-refractivity contribution in [2.24, 2.45) is 0 Å². The van der Waals surface area contributed by atoms with Crippen LogP contribution in [0.15, 0.2) is 42.5 Å². The quantitative estimate of drug-likeness (QED) is 0.632. The third-order valence-corrected chi connectivity index (χ3v) is 3.34. The van der Waals surface area contributed by atoms with Crippen LogP contribution in [0.2, 0.25) is 0 Å². The van der Waals surface area contributed by atoms with Crippen molar-refractivity contribution in [1.29, 1.82) is 0 Å². The van der Waals surface area contributed by atoms with Gasteiger partial charge < -0.3 is 0 Å². The van der Waals surface area contributed by atoms with Gasteiger partial charge in [-0.2, -0.15) is 0 Å². The molecule has 0 aromatic heterocycles. The van der Waals surface area contributed by atoms with Crippen molar-refractivity contribution in [2.75, 3.05) is 0 Å². The van der Waals surface area contributed by atoms with Gasteiger partial charge in [-0.3, -0.25) is 0 Å². The SMILES string of the molecule is CCC1C=Cc2c1ccc1ccccc21. The Balaban J connectivity index is 2.32. The fraction of sp³-hybridized carbons (Fsp3) is 0.200. The van der Waals surface area contributed by atoms with Gasteiger partial charge in [-0.25, -0.2) is 0 Å². The van der Waals surface area contributed by atoms with Gasteiger partial charge in [0.15, 0.2) is 0 Å². The smallest absolute Gasteiger partial charge is 0.00248 e. The van der Waals surface area contributed by atoms with E-state index in [1.54, 1.807) is 0 Å². The van der Waals surface area contributed by atoms with Gasteiger partial charge in [0.2, 0.25) is 0 Å². The summed E-state index contributed by atoms with van der Waals surface area (Å²) in [6.07, 6.45) is 5.81. The van der Waals surface area contributed by atoms with Crippen LogP contribution in [0.5, 0.6) is 0 Å². The number of allylic oxidation sites excluding steroid dienone is 1.